The first-order valence-corrected chi connectivity index (χ1v) is 9.89. The van der Waals surface area contributed by atoms with Crippen LogP contribution in [-0.2, 0) is 9.59 Å². The van der Waals surface area contributed by atoms with Gasteiger partial charge in [0.1, 0.15) is 10.9 Å². The molecule has 2 aliphatic rings. The molecule has 1 aromatic heterocycles. The van der Waals surface area contributed by atoms with Gasteiger partial charge in [-0.1, -0.05) is 13.8 Å². The molecule has 2 unspecified atom stereocenters. The summed E-state index contributed by atoms with van der Waals surface area (Å²) in [4.78, 5) is 34.3. The summed E-state index contributed by atoms with van der Waals surface area (Å²) in [5, 5.41) is -0.0265. The highest BCUT2D eigenvalue weighted by Crippen LogP contribution is 2.48. The molecule has 146 valence electrons. The number of carbonyl (C=O) groups is 2. The van der Waals surface area contributed by atoms with Crippen molar-refractivity contribution in [3.63, 3.8) is 0 Å². The Balaban J connectivity index is 2.09. The first-order valence-electron chi connectivity index (χ1n) is 8.55. The summed E-state index contributed by atoms with van der Waals surface area (Å²) < 4.78 is 27.4. The van der Waals surface area contributed by atoms with Crippen LogP contribution < -0.4 is 10.6 Å². The number of nitrogens with two attached hydrogens (primary N) is 1. The van der Waals surface area contributed by atoms with Crippen molar-refractivity contribution in [3.05, 3.63) is 34.6 Å². The van der Waals surface area contributed by atoms with E-state index in [-0.39, 0.29) is 33.1 Å². The van der Waals surface area contributed by atoms with Crippen LogP contribution in [-0.4, -0.2) is 27.2 Å². The predicted octanol–water partition coefficient (Wildman–Crippen LogP) is 2.99. The van der Waals surface area contributed by atoms with Gasteiger partial charge in [-0.15, -0.1) is 10.9 Å². The standard InChI is InChI=1S/C18H22F2N4O2S/c1-9-15(23-17(21)27(9)10(2)25)16(26)24(12-5-6-18(12,3)4)11-7-13(19)22-14(20)8-11/h7-8,12,27H,5-6H2,1-4H3,(H2,21,23). The maximum absolute atomic E-state index is 13.7. The maximum atomic E-state index is 13.7. The highest BCUT2D eigenvalue weighted by molar-refractivity contribution is 8.44. The molecule has 6 nitrogen and oxygen atoms in total. The molecule has 1 fully saturated rings. The summed E-state index contributed by atoms with van der Waals surface area (Å²) >= 11 is 0. The van der Waals surface area contributed by atoms with Gasteiger partial charge in [0.05, 0.1) is 5.69 Å². The molecule has 1 amide bonds. The Morgan fingerprint density at radius 1 is 1.30 bits per heavy atom. The lowest BCUT2D eigenvalue weighted by molar-refractivity contribution is -0.117. The van der Waals surface area contributed by atoms with E-state index in [2.05, 4.69) is 9.98 Å². The van der Waals surface area contributed by atoms with Gasteiger partial charge in [0.25, 0.3) is 5.91 Å². The number of hydrogen-bond donors (Lipinski definition) is 2. The smallest absolute Gasteiger partial charge is 0.278 e. The number of allylic oxidation sites excluding steroid dienone is 1. The van der Waals surface area contributed by atoms with Crippen LogP contribution in [0.15, 0.2) is 27.7 Å². The Labute approximate surface area is 158 Å². The van der Waals surface area contributed by atoms with Crippen molar-refractivity contribution in [2.75, 3.05) is 4.90 Å². The normalized spacial score (nSPS) is 25.0. The van der Waals surface area contributed by atoms with Crippen molar-refractivity contribution in [3.8, 4) is 0 Å². The second-order valence-corrected chi connectivity index (χ2v) is 9.88. The number of halogens is 2. The van der Waals surface area contributed by atoms with Gasteiger partial charge in [-0.3, -0.25) is 9.59 Å². The van der Waals surface area contributed by atoms with Crippen molar-refractivity contribution in [1.29, 1.82) is 0 Å². The fourth-order valence-corrected chi connectivity index (χ4v) is 5.29. The molecular weight excluding hydrogens is 374 g/mol. The second kappa shape index (κ2) is 6.70. The van der Waals surface area contributed by atoms with Crippen LogP contribution in [0.1, 0.15) is 40.5 Å². The maximum Gasteiger partial charge on any atom is 0.278 e. The lowest BCUT2D eigenvalue weighted by atomic mass is 9.66. The van der Waals surface area contributed by atoms with E-state index in [1.54, 1.807) is 6.92 Å². The third-order valence-electron chi connectivity index (χ3n) is 5.17. The minimum Gasteiger partial charge on any atom is -0.379 e. The SMILES string of the molecule is CC(=O)[SH]1C(N)=NC(C(=O)N(c2cc(F)nc(F)c2)C2CCC2(C)C)=C1C. The average Bonchev–Trinajstić information content (AvgIpc) is 2.84. The van der Waals surface area contributed by atoms with Crippen LogP contribution in [0.3, 0.4) is 0 Å². The quantitative estimate of drug-likeness (QED) is 0.607. The van der Waals surface area contributed by atoms with E-state index in [1.807, 2.05) is 13.8 Å². The number of pyridine rings is 1. The van der Waals surface area contributed by atoms with Crippen molar-refractivity contribution < 1.29 is 18.4 Å². The summed E-state index contributed by atoms with van der Waals surface area (Å²) in [6, 6.07) is 1.80. The lowest BCUT2D eigenvalue weighted by Crippen LogP contribution is -2.55. The van der Waals surface area contributed by atoms with Crippen LogP contribution >= 0.6 is 10.9 Å². The number of aromatic nitrogens is 1. The van der Waals surface area contributed by atoms with Crippen molar-refractivity contribution >= 4 is 32.8 Å². The molecule has 0 bridgehead atoms. The molecule has 3 rings (SSSR count). The van der Waals surface area contributed by atoms with E-state index < -0.39 is 28.7 Å². The van der Waals surface area contributed by atoms with Gasteiger partial charge in [0, 0.05) is 30.0 Å². The zero-order valence-corrected chi connectivity index (χ0v) is 16.5. The van der Waals surface area contributed by atoms with Crippen LogP contribution in [0.5, 0.6) is 0 Å². The van der Waals surface area contributed by atoms with Gasteiger partial charge in [-0.25, -0.2) is 4.99 Å². The highest BCUT2D eigenvalue weighted by atomic mass is 32.2. The molecule has 1 aliphatic heterocycles. The molecule has 2 heterocycles. The molecule has 27 heavy (non-hydrogen) atoms. The third kappa shape index (κ3) is 3.36. The largest absolute Gasteiger partial charge is 0.379 e. The molecule has 1 aliphatic carbocycles. The van der Waals surface area contributed by atoms with Gasteiger partial charge >= 0.3 is 0 Å². The summed E-state index contributed by atoms with van der Waals surface area (Å²) in [6.07, 6.45) is 1.57. The molecule has 2 N–H and O–H groups in total. The van der Waals surface area contributed by atoms with Gasteiger partial charge < -0.3 is 10.6 Å². The summed E-state index contributed by atoms with van der Waals surface area (Å²) in [7, 11) is -1.47. The fraction of sp³-hybridized carbons (Fsp3) is 0.444. The Morgan fingerprint density at radius 2 is 1.89 bits per heavy atom. The van der Waals surface area contributed by atoms with Crippen molar-refractivity contribution in [1.82, 2.24) is 4.98 Å². The Hall–Kier alpha value is -2.29. The lowest BCUT2D eigenvalue weighted by Gasteiger charge is -2.50. The molecule has 0 saturated heterocycles. The highest BCUT2D eigenvalue weighted by Gasteiger charge is 2.46. The van der Waals surface area contributed by atoms with Gasteiger partial charge in [0.15, 0.2) is 5.12 Å². The molecule has 1 saturated carbocycles. The molecule has 1 aromatic rings. The second-order valence-electron chi connectivity index (χ2n) is 7.45. The Bertz CT molecular complexity index is 877. The number of rotatable bonds is 3. The van der Waals surface area contributed by atoms with Crippen molar-refractivity contribution in [2.24, 2.45) is 16.1 Å². The van der Waals surface area contributed by atoms with Gasteiger partial charge in [-0.2, -0.15) is 13.8 Å². The minimum absolute atomic E-state index is 0.0779. The molecule has 2 atom stereocenters. The summed E-state index contributed by atoms with van der Waals surface area (Å²) in [6.45, 7) is 7.05. The number of carbonyl (C=O) groups excluding carboxylic acids is 2. The molecule has 0 spiro atoms. The number of anilines is 1. The minimum atomic E-state index is -1.47. The van der Waals surface area contributed by atoms with E-state index in [0.29, 0.717) is 11.3 Å². The number of amides is 1. The average molecular weight is 396 g/mol. The van der Waals surface area contributed by atoms with E-state index in [4.69, 9.17) is 5.73 Å². The number of aliphatic imine (C=N–C) groups is 1. The number of thiol groups is 1. The first-order chi connectivity index (χ1) is 12.5. The van der Waals surface area contributed by atoms with E-state index >= 15 is 0 Å². The zero-order valence-electron chi connectivity index (χ0n) is 15.6. The Morgan fingerprint density at radius 3 is 2.30 bits per heavy atom. The third-order valence-corrected chi connectivity index (χ3v) is 7.24. The van der Waals surface area contributed by atoms with E-state index in [0.717, 1.165) is 18.6 Å². The van der Waals surface area contributed by atoms with E-state index in [1.165, 1.54) is 11.8 Å². The van der Waals surface area contributed by atoms with Crippen LogP contribution in [0.4, 0.5) is 14.5 Å². The number of nitrogens with zero attached hydrogens (tertiary/aromatic N) is 3. The summed E-state index contributed by atoms with van der Waals surface area (Å²) in [5.41, 5.74) is 5.81. The number of amidine groups is 1. The number of hydrogen-bond acceptors (Lipinski definition) is 5. The fourth-order valence-electron chi connectivity index (χ4n) is 3.60. The molecule has 0 aromatic carbocycles. The van der Waals surface area contributed by atoms with Crippen LogP contribution in [0, 0.1) is 17.3 Å². The predicted molar refractivity (Wildman–Crippen MR) is 102 cm³/mol. The Kier molecular flexibility index (Phi) is 4.83. The molecule has 9 heteroatoms. The summed E-state index contributed by atoms with van der Waals surface area (Å²) in [5.74, 6) is -2.53. The van der Waals surface area contributed by atoms with Gasteiger partial charge in [0.2, 0.25) is 11.9 Å². The zero-order chi connectivity index (χ0) is 20.1. The van der Waals surface area contributed by atoms with Crippen LogP contribution in [0.25, 0.3) is 0 Å². The van der Waals surface area contributed by atoms with Gasteiger partial charge in [-0.05, 0) is 25.2 Å². The van der Waals surface area contributed by atoms with E-state index in [9.17, 15) is 18.4 Å². The molecular formula is C18H22F2N4O2S. The first kappa shape index (κ1) is 19.5. The molecule has 0 radical (unpaired) electrons. The topological polar surface area (TPSA) is 88.7 Å². The van der Waals surface area contributed by atoms with Crippen LogP contribution in [0.2, 0.25) is 0 Å². The monoisotopic (exact) mass is 396 g/mol. The van der Waals surface area contributed by atoms with Crippen molar-refractivity contribution in [2.45, 2.75) is 46.6 Å².